The molecule has 1 aliphatic heterocycles. The molecule has 0 radical (unpaired) electrons. The first-order chi connectivity index (χ1) is 13.7. The van der Waals surface area contributed by atoms with Crippen LogP contribution in [0.4, 0.5) is 0 Å². The van der Waals surface area contributed by atoms with Crippen molar-refractivity contribution in [2.45, 2.75) is 55.6 Å². The van der Waals surface area contributed by atoms with Crippen molar-refractivity contribution >= 4 is 38.7 Å². The van der Waals surface area contributed by atoms with Crippen molar-refractivity contribution in [1.29, 1.82) is 0 Å². The molecule has 0 saturated carbocycles. The highest BCUT2D eigenvalue weighted by molar-refractivity contribution is 8.00. The van der Waals surface area contributed by atoms with E-state index >= 15 is 0 Å². The van der Waals surface area contributed by atoms with Gasteiger partial charge < -0.3 is 14.6 Å². The average molecular weight is 441 g/mol. The largest absolute Gasteiger partial charge is 0.379 e. The fourth-order valence-electron chi connectivity index (χ4n) is 3.19. The Labute approximate surface area is 176 Å². The molecule has 1 aromatic heterocycles. The second-order valence-corrected chi connectivity index (χ2v) is 10.5. The number of nitrogens with one attached hydrogen (secondary N) is 1. The Bertz CT molecular complexity index is 982. The number of carbonyl (C=O) groups excluding carboxylic acids is 1. The minimum atomic E-state index is -3.58. The van der Waals surface area contributed by atoms with Gasteiger partial charge in [0.1, 0.15) is 0 Å². The lowest BCUT2D eigenvalue weighted by Crippen LogP contribution is -2.40. The summed E-state index contributed by atoms with van der Waals surface area (Å²) < 4.78 is 34.6. The second kappa shape index (κ2) is 9.03. The molecule has 1 N–H and O–H groups in total. The van der Waals surface area contributed by atoms with Crippen LogP contribution in [0.3, 0.4) is 0 Å². The third-order valence-corrected chi connectivity index (χ3v) is 7.68. The molecule has 160 valence electrons. The minimum absolute atomic E-state index is 0.0460. The lowest BCUT2D eigenvalue weighted by Gasteiger charge is -2.26. The van der Waals surface area contributed by atoms with Gasteiger partial charge in [-0.15, -0.1) is 0 Å². The molecule has 0 aliphatic carbocycles. The van der Waals surface area contributed by atoms with E-state index < -0.39 is 10.0 Å². The number of sulfonamides is 1. The van der Waals surface area contributed by atoms with Gasteiger partial charge in [0.25, 0.3) is 0 Å². The Morgan fingerprint density at radius 1 is 1.28 bits per heavy atom. The van der Waals surface area contributed by atoms with E-state index in [2.05, 4.69) is 10.3 Å². The Kier molecular flexibility index (Phi) is 6.87. The van der Waals surface area contributed by atoms with Gasteiger partial charge in [-0.1, -0.05) is 11.8 Å². The van der Waals surface area contributed by atoms with Gasteiger partial charge in [-0.2, -0.15) is 4.31 Å². The second-order valence-electron chi connectivity index (χ2n) is 7.23. The van der Waals surface area contributed by atoms with E-state index in [9.17, 15) is 13.2 Å². The van der Waals surface area contributed by atoms with Crippen molar-refractivity contribution < 1.29 is 17.9 Å². The van der Waals surface area contributed by atoms with Crippen LogP contribution in [0, 0.1) is 0 Å². The number of nitrogens with zero attached hydrogens (tertiary/aromatic N) is 3. The Hall–Kier alpha value is -1.62. The number of hydrogen-bond acceptors (Lipinski definition) is 6. The predicted octanol–water partition coefficient (Wildman–Crippen LogP) is 2.08. The van der Waals surface area contributed by atoms with Crippen LogP contribution in [0.1, 0.15) is 27.7 Å². The van der Waals surface area contributed by atoms with Gasteiger partial charge in [0.2, 0.25) is 15.9 Å². The average Bonchev–Trinajstić information content (AvgIpc) is 3.04. The van der Waals surface area contributed by atoms with Crippen molar-refractivity contribution in [2.24, 2.45) is 0 Å². The summed E-state index contributed by atoms with van der Waals surface area (Å²) in [7, 11) is -3.58. The lowest BCUT2D eigenvalue weighted by atomic mass is 10.3. The minimum Gasteiger partial charge on any atom is -0.379 e. The van der Waals surface area contributed by atoms with E-state index in [0.717, 1.165) is 5.52 Å². The van der Waals surface area contributed by atoms with Crippen LogP contribution >= 0.6 is 11.8 Å². The molecule has 2 heterocycles. The molecule has 1 saturated heterocycles. The Morgan fingerprint density at radius 3 is 2.59 bits per heavy atom. The van der Waals surface area contributed by atoms with E-state index in [1.54, 1.807) is 18.2 Å². The van der Waals surface area contributed by atoms with Gasteiger partial charge in [-0.25, -0.2) is 13.4 Å². The molecule has 0 bridgehead atoms. The van der Waals surface area contributed by atoms with E-state index in [0.29, 0.717) is 43.5 Å². The normalized spacial score (nSPS) is 17.0. The maximum atomic E-state index is 12.9. The molecule has 1 amide bonds. The van der Waals surface area contributed by atoms with Crippen LogP contribution in [0.15, 0.2) is 28.3 Å². The summed E-state index contributed by atoms with van der Waals surface area (Å²) in [4.78, 5) is 17.1. The van der Waals surface area contributed by atoms with Crippen LogP contribution in [-0.2, 0) is 26.1 Å². The molecule has 8 nitrogen and oxygen atoms in total. The van der Waals surface area contributed by atoms with Crippen LogP contribution in [-0.4, -0.2) is 65.8 Å². The molecule has 10 heteroatoms. The molecule has 3 rings (SSSR count). The highest BCUT2D eigenvalue weighted by atomic mass is 32.2. The number of aryl methyl sites for hydroxylation is 1. The lowest BCUT2D eigenvalue weighted by molar-refractivity contribution is -0.120. The van der Waals surface area contributed by atoms with E-state index in [1.807, 2.05) is 32.3 Å². The highest BCUT2D eigenvalue weighted by Gasteiger charge is 2.27. The van der Waals surface area contributed by atoms with Gasteiger partial charge >= 0.3 is 0 Å². The highest BCUT2D eigenvalue weighted by Crippen LogP contribution is 2.29. The number of rotatable bonds is 7. The topological polar surface area (TPSA) is 93.5 Å². The van der Waals surface area contributed by atoms with E-state index in [4.69, 9.17) is 4.74 Å². The molecular formula is C19H28N4O4S2. The molecule has 0 spiro atoms. The first-order valence-corrected chi connectivity index (χ1v) is 12.1. The maximum Gasteiger partial charge on any atom is 0.243 e. The smallest absolute Gasteiger partial charge is 0.243 e. The van der Waals surface area contributed by atoms with Crippen LogP contribution in [0.5, 0.6) is 0 Å². The summed E-state index contributed by atoms with van der Waals surface area (Å²) >= 11 is 1.38. The fourth-order valence-corrected chi connectivity index (χ4v) is 5.62. The third kappa shape index (κ3) is 4.76. The number of imidazole rings is 1. The molecule has 29 heavy (non-hydrogen) atoms. The number of morpholine rings is 1. The molecule has 1 atom stereocenters. The number of benzene rings is 1. The number of carbonyl (C=O) groups is 1. The van der Waals surface area contributed by atoms with Gasteiger partial charge in [-0.3, -0.25) is 4.79 Å². The predicted molar refractivity (Wildman–Crippen MR) is 114 cm³/mol. The Balaban J connectivity index is 1.91. The first kappa shape index (κ1) is 22.1. The molecular weight excluding hydrogens is 412 g/mol. The van der Waals surface area contributed by atoms with Crippen molar-refractivity contribution in [3.63, 3.8) is 0 Å². The molecule has 1 aromatic carbocycles. The van der Waals surface area contributed by atoms with Gasteiger partial charge in [0.15, 0.2) is 5.16 Å². The zero-order valence-electron chi connectivity index (χ0n) is 17.2. The first-order valence-electron chi connectivity index (χ1n) is 9.79. The van der Waals surface area contributed by atoms with E-state index in [1.165, 1.54) is 16.1 Å². The number of hydrogen-bond donors (Lipinski definition) is 1. The zero-order valence-corrected chi connectivity index (χ0v) is 18.8. The molecule has 1 fully saturated rings. The Morgan fingerprint density at radius 2 is 1.97 bits per heavy atom. The number of aromatic nitrogens is 2. The number of fused-ring (bicyclic) bond motifs is 1. The third-order valence-electron chi connectivity index (χ3n) is 4.69. The summed E-state index contributed by atoms with van der Waals surface area (Å²) in [5.74, 6) is -0.0460. The summed E-state index contributed by atoms with van der Waals surface area (Å²) in [6.07, 6.45) is 0. The van der Waals surface area contributed by atoms with Crippen LogP contribution < -0.4 is 5.32 Å². The van der Waals surface area contributed by atoms with Crippen LogP contribution in [0.2, 0.25) is 0 Å². The van der Waals surface area contributed by atoms with E-state index in [-0.39, 0.29) is 22.1 Å². The fraction of sp³-hybridized carbons (Fsp3) is 0.579. The number of thioether (sulfide) groups is 1. The molecule has 0 unspecified atom stereocenters. The van der Waals surface area contributed by atoms with Gasteiger partial charge in [0.05, 0.1) is 34.4 Å². The van der Waals surface area contributed by atoms with Crippen molar-refractivity contribution in [3.8, 4) is 0 Å². The van der Waals surface area contributed by atoms with Crippen molar-refractivity contribution in [1.82, 2.24) is 19.2 Å². The number of amides is 1. The molecule has 2 aromatic rings. The van der Waals surface area contributed by atoms with Gasteiger partial charge in [0, 0.05) is 25.7 Å². The maximum absolute atomic E-state index is 12.9. The summed E-state index contributed by atoms with van der Waals surface area (Å²) in [6, 6.07) is 5.12. The van der Waals surface area contributed by atoms with Gasteiger partial charge in [-0.05, 0) is 45.9 Å². The summed E-state index contributed by atoms with van der Waals surface area (Å²) in [6.45, 7) is 9.89. The number of ether oxygens (including phenoxy) is 1. The molecule has 1 aliphatic rings. The summed E-state index contributed by atoms with van der Waals surface area (Å²) in [5.41, 5.74) is 1.47. The van der Waals surface area contributed by atoms with Crippen LogP contribution in [0.25, 0.3) is 11.0 Å². The standard InChI is InChI=1S/C19H28N4O4S2/c1-5-23-17-7-6-15(29(25,26)22-8-10-27-11-9-22)12-16(17)21-19(23)28-14(4)18(24)20-13(2)3/h6-7,12-14H,5,8-11H2,1-4H3,(H,20,24)/t14-/m0/s1. The van der Waals surface area contributed by atoms with Crippen molar-refractivity contribution in [2.75, 3.05) is 26.3 Å². The SMILES string of the molecule is CCn1c(S[C@@H](C)C(=O)NC(C)C)nc2cc(S(=O)(=O)N3CCOCC3)ccc21. The monoisotopic (exact) mass is 440 g/mol. The summed E-state index contributed by atoms with van der Waals surface area (Å²) in [5, 5.41) is 3.30. The zero-order chi connectivity index (χ0) is 21.2. The van der Waals surface area contributed by atoms with Crippen molar-refractivity contribution in [3.05, 3.63) is 18.2 Å². The quantitative estimate of drug-likeness (QED) is 0.663.